The zero-order valence-corrected chi connectivity index (χ0v) is 12.9. The predicted octanol–water partition coefficient (Wildman–Crippen LogP) is 1.68. The fourth-order valence-corrected chi connectivity index (χ4v) is 3.79. The number of anilines is 1. The molecule has 2 N–H and O–H groups in total. The van der Waals surface area contributed by atoms with Gasteiger partial charge < -0.3 is 5.73 Å². The van der Waals surface area contributed by atoms with Crippen LogP contribution in [0, 0.1) is 0 Å². The monoisotopic (exact) mass is 314 g/mol. The molecule has 1 saturated heterocycles. The minimum atomic E-state index is -0.271. The maximum atomic E-state index is 11.9. The van der Waals surface area contributed by atoms with Crippen LogP contribution in [0.15, 0.2) is 51.1 Å². The second-order valence-electron chi connectivity index (χ2n) is 4.94. The molecule has 7 heteroatoms. The molecule has 22 heavy (non-hydrogen) atoms. The predicted molar refractivity (Wildman–Crippen MR) is 87.7 cm³/mol. The van der Waals surface area contributed by atoms with Crippen LogP contribution in [0.4, 0.5) is 5.69 Å². The van der Waals surface area contributed by atoms with E-state index in [9.17, 15) is 9.59 Å². The Morgan fingerprint density at radius 1 is 1.14 bits per heavy atom. The van der Waals surface area contributed by atoms with Crippen LogP contribution in [0.5, 0.6) is 0 Å². The van der Waals surface area contributed by atoms with Gasteiger partial charge in [0, 0.05) is 5.69 Å². The summed E-state index contributed by atoms with van der Waals surface area (Å²) in [6.45, 7) is 2.78. The molecule has 0 bridgehead atoms. The highest BCUT2D eigenvalue weighted by Crippen LogP contribution is 2.43. The summed E-state index contributed by atoms with van der Waals surface area (Å²) in [5.41, 5.74) is 6.85. The minimum Gasteiger partial charge on any atom is -0.384 e. The third-order valence-corrected chi connectivity index (χ3v) is 4.66. The van der Waals surface area contributed by atoms with E-state index in [0.29, 0.717) is 16.7 Å². The highest BCUT2D eigenvalue weighted by atomic mass is 32.2. The lowest BCUT2D eigenvalue weighted by Crippen LogP contribution is -2.33. The van der Waals surface area contributed by atoms with Gasteiger partial charge in [-0.1, -0.05) is 30.0 Å². The molecular weight excluding hydrogens is 300 g/mol. The molecule has 0 aliphatic carbocycles. The Hall–Kier alpha value is -2.41. The SMILES string of the molecule is CC(=O)C(C(C)=O)=C1SC2C(N)=NN=C2N1c1ccccc1. The highest BCUT2D eigenvalue weighted by Gasteiger charge is 2.43. The normalized spacial score (nSPS) is 19.6. The lowest BCUT2D eigenvalue weighted by Gasteiger charge is -2.20. The standard InChI is InChI=1S/C15H14N4O2S/c1-8(20)11(9(2)21)15-19(10-6-4-3-5-7-10)14-12(22-15)13(16)17-18-14/h3-7,12H,1-2H3,(H2,16,17). The van der Waals surface area contributed by atoms with E-state index in [1.165, 1.54) is 25.6 Å². The number of carbonyl (C=O) groups is 2. The van der Waals surface area contributed by atoms with E-state index in [-0.39, 0.29) is 22.4 Å². The van der Waals surface area contributed by atoms with Crippen molar-refractivity contribution in [3.05, 3.63) is 40.9 Å². The van der Waals surface area contributed by atoms with Crippen molar-refractivity contribution in [2.75, 3.05) is 4.90 Å². The van der Waals surface area contributed by atoms with Crippen molar-refractivity contribution in [2.45, 2.75) is 19.1 Å². The van der Waals surface area contributed by atoms with Crippen molar-refractivity contribution in [3.8, 4) is 0 Å². The molecule has 0 radical (unpaired) electrons. The fourth-order valence-electron chi connectivity index (χ4n) is 2.44. The Kier molecular flexibility index (Phi) is 3.58. The lowest BCUT2D eigenvalue weighted by atomic mass is 10.1. The maximum Gasteiger partial charge on any atom is 0.166 e. The number of thioether (sulfide) groups is 1. The number of para-hydroxylation sites is 1. The fraction of sp³-hybridized carbons (Fsp3) is 0.200. The number of ketones is 2. The summed E-state index contributed by atoms with van der Waals surface area (Å²) in [7, 11) is 0. The third-order valence-electron chi connectivity index (χ3n) is 3.37. The number of benzene rings is 1. The number of rotatable bonds is 3. The first-order chi connectivity index (χ1) is 10.5. The van der Waals surface area contributed by atoms with Crippen molar-refractivity contribution in [3.63, 3.8) is 0 Å². The Labute approximate surface area is 131 Å². The van der Waals surface area contributed by atoms with Crippen LogP contribution in [-0.2, 0) is 9.59 Å². The second-order valence-corrected chi connectivity index (χ2v) is 6.04. The summed E-state index contributed by atoms with van der Waals surface area (Å²) in [4.78, 5) is 25.6. The van der Waals surface area contributed by atoms with Gasteiger partial charge in [-0.3, -0.25) is 14.5 Å². The molecule has 2 aliphatic rings. The number of Topliss-reactive ketones (excluding diaryl/α,β-unsaturated/α-hetero) is 2. The van der Waals surface area contributed by atoms with Gasteiger partial charge in [0.25, 0.3) is 0 Å². The van der Waals surface area contributed by atoms with Crippen LogP contribution in [0.2, 0.25) is 0 Å². The van der Waals surface area contributed by atoms with Crippen molar-refractivity contribution in [1.82, 2.24) is 0 Å². The van der Waals surface area contributed by atoms with Gasteiger partial charge >= 0.3 is 0 Å². The molecular formula is C15H14N4O2S. The molecule has 1 unspecified atom stereocenters. The zero-order chi connectivity index (χ0) is 15.9. The third kappa shape index (κ3) is 2.23. The molecule has 1 fully saturated rings. The summed E-state index contributed by atoms with van der Waals surface area (Å²) >= 11 is 1.33. The van der Waals surface area contributed by atoms with Gasteiger partial charge in [-0.05, 0) is 26.0 Å². The van der Waals surface area contributed by atoms with E-state index in [2.05, 4.69) is 10.2 Å². The quantitative estimate of drug-likeness (QED) is 0.521. The molecule has 0 saturated carbocycles. The second kappa shape index (κ2) is 5.42. The molecule has 0 aromatic heterocycles. The lowest BCUT2D eigenvalue weighted by molar-refractivity contribution is -0.119. The van der Waals surface area contributed by atoms with Crippen LogP contribution >= 0.6 is 11.8 Å². The summed E-state index contributed by atoms with van der Waals surface area (Å²) < 4.78 is 0. The van der Waals surface area contributed by atoms with E-state index < -0.39 is 0 Å². The molecule has 1 aromatic rings. The summed E-state index contributed by atoms with van der Waals surface area (Å²) in [5, 5.41) is 8.33. The Morgan fingerprint density at radius 3 is 2.36 bits per heavy atom. The summed E-state index contributed by atoms with van der Waals surface area (Å²) in [6.07, 6.45) is 0. The average molecular weight is 314 g/mol. The van der Waals surface area contributed by atoms with Gasteiger partial charge in [-0.15, -0.1) is 10.2 Å². The van der Waals surface area contributed by atoms with Crippen LogP contribution in [0.1, 0.15) is 13.8 Å². The first-order valence-corrected chi connectivity index (χ1v) is 7.57. The van der Waals surface area contributed by atoms with Crippen molar-refractivity contribution in [2.24, 2.45) is 15.9 Å². The van der Waals surface area contributed by atoms with Crippen LogP contribution in [0.25, 0.3) is 0 Å². The van der Waals surface area contributed by atoms with Gasteiger partial charge in [0.2, 0.25) is 0 Å². The van der Waals surface area contributed by atoms with Crippen molar-refractivity contribution >= 4 is 40.7 Å². The number of hydrogen-bond donors (Lipinski definition) is 1. The molecule has 6 nitrogen and oxygen atoms in total. The number of allylic oxidation sites excluding steroid dienone is 1. The van der Waals surface area contributed by atoms with Gasteiger partial charge in [0.1, 0.15) is 11.1 Å². The number of fused-ring (bicyclic) bond motifs is 1. The molecule has 0 amide bonds. The zero-order valence-electron chi connectivity index (χ0n) is 12.1. The topological polar surface area (TPSA) is 88.1 Å². The van der Waals surface area contributed by atoms with Crippen LogP contribution in [-0.4, -0.2) is 28.5 Å². The smallest absolute Gasteiger partial charge is 0.166 e. The van der Waals surface area contributed by atoms with Gasteiger partial charge in [0.15, 0.2) is 17.4 Å². The first-order valence-electron chi connectivity index (χ1n) is 6.69. The number of nitrogens with two attached hydrogens (primary N) is 1. The summed E-state index contributed by atoms with van der Waals surface area (Å²) in [6, 6.07) is 9.43. The van der Waals surface area contributed by atoms with E-state index in [0.717, 1.165) is 5.69 Å². The minimum absolute atomic E-state index is 0.166. The van der Waals surface area contributed by atoms with Gasteiger partial charge in [-0.2, -0.15) is 0 Å². The number of nitrogens with zero attached hydrogens (tertiary/aromatic N) is 3. The molecule has 1 atom stereocenters. The number of hydrogen-bond acceptors (Lipinski definition) is 7. The van der Waals surface area contributed by atoms with Gasteiger partial charge in [0.05, 0.1) is 10.6 Å². The molecule has 1 aromatic carbocycles. The van der Waals surface area contributed by atoms with Gasteiger partial charge in [-0.25, -0.2) is 0 Å². The summed E-state index contributed by atoms with van der Waals surface area (Å²) in [5.74, 6) is 0.463. The van der Waals surface area contributed by atoms with Crippen molar-refractivity contribution < 1.29 is 9.59 Å². The van der Waals surface area contributed by atoms with E-state index in [4.69, 9.17) is 5.73 Å². The Morgan fingerprint density at radius 2 is 1.77 bits per heavy atom. The average Bonchev–Trinajstić information content (AvgIpc) is 2.99. The highest BCUT2D eigenvalue weighted by molar-refractivity contribution is 8.06. The first kappa shape index (κ1) is 14.5. The molecule has 3 rings (SSSR count). The van der Waals surface area contributed by atoms with Crippen LogP contribution < -0.4 is 10.6 Å². The van der Waals surface area contributed by atoms with E-state index >= 15 is 0 Å². The molecule has 2 heterocycles. The number of carbonyl (C=O) groups excluding carboxylic acids is 2. The molecule has 0 spiro atoms. The van der Waals surface area contributed by atoms with E-state index in [1.54, 1.807) is 4.90 Å². The van der Waals surface area contributed by atoms with Crippen LogP contribution in [0.3, 0.4) is 0 Å². The maximum absolute atomic E-state index is 11.9. The number of amidine groups is 2. The van der Waals surface area contributed by atoms with E-state index in [1.807, 2.05) is 30.3 Å². The largest absolute Gasteiger partial charge is 0.384 e. The Bertz CT molecular complexity index is 736. The Balaban J connectivity index is 2.19. The molecule has 2 aliphatic heterocycles. The van der Waals surface area contributed by atoms with Crippen molar-refractivity contribution in [1.29, 1.82) is 0 Å². The molecule has 112 valence electrons.